The lowest BCUT2D eigenvalue weighted by atomic mass is 10.1. The van der Waals surface area contributed by atoms with Gasteiger partial charge in [-0.05, 0) is 6.07 Å². The number of nitrogens with two attached hydrogens (primary N) is 1. The minimum absolute atomic E-state index is 0.172. The van der Waals surface area contributed by atoms with Gasteiger partial charge in [-0.15, -0.1) is 0 Å². The first-order chi connectivity index (χ1) is 8.73. The molecule has 0 atom stereocenters. The zero-order chi connectivity index (χ0) is 14.7. The molecule has 0 bridgehead atoms. The summed E-state index contributed by atoms with van der Waals surface area (Å²) >= 11 is 5.67. The average Bonchev–Trinajstić information content (AvgIpc) is 2.30. The summed E-state index contributed by atoms with van der Waals surface area (Å²) in [6.45, 7) is -0.783. The van der Waals surface area contributed by atoms with Crippen LogP contribution in [0.3, 0.4) is 0 Å². The minimum Gasteiger partial charge on any atom is -0.392 e. The molecule has 19 heavy (non-hydrogen) atoms. The molecule has 1 amide bonds. The lowest BCUT2D eigenvalue weighted by Crippen LogP contribution is -2.31. The Kier molecular flexibility index (Phi) is 4.60. The molecule has 0 aromatic heterocycles. The van der Waals surface area contributed by atoms with Gasteiger partial charge in [-0.25, -0.2) is 8.78 Å². The number of nitro benzene ring substituents is 1. The monoisotopic (exact) mass is 293 g/mol. The number of carbonyl (C=O) groups excluding carboxylic acids is 1. The molecule has 0 radical (unpaired) electrons. The van der Waals surface area contributed by atoms with Gasteiger partial charge in [-0.1, -0.05) is 11.6 Å². The van der Waals surface area contributed by atoms with E-state index in [-0.39, 0.29) is 16.3 Å². The highest BCUT2D eigenvalue weighted by Crippen LogP contribution is 2.31. The number of nitrogen functional groups attached to an aromatic ring is 1. The van der Waals surface area contributed by atoms with E-state index in [1.165, 1.54) is 0 Å². The number of hydrogen-bond acceptors (Lipinski definition) is 4. The van der Waals surface area contributed by atoms with Crippen LogP contribution in [-0.2, 0) is 0 Å². The highest BCUT2D eigenvalue weighted by Gasteiger charge is 2.22. The summed E-state index contributed by atoms with van der Waals surface area (Å²) < 4.78 is 24.3. The number of amides is 1. The molecule has 0 unspecified atom stereocenters. The molecule has 1 aromatic carbocycles. The largest absolute Gasteiger partial charge is 0.392 e. The summed E-state index contributed by atoms with van der Waals surface area (Å²) in [6, 6.07) is 2.01. The Morgan fingerprint density at radius 3 is 2.63 bits per heavy atom. The molecule has 0 fully saturated rings. The molecule has 2 N–H and O–H groups in total. The molecule has 6 nitrogen and oxygen atoms in total. The molecular weight excluding hydrogens is 284 g/mol. The van der Waals surface area contributed by atoms with E-state index in [2.05, 4.69) is 0 Å². The maximum Gasteiger partial charge on any atom is 0.294 e. The van der Waals surface area contributed by atoms with Crippen molar-refractivity contribution in [3.63, 3.8) is 0 Å². The van der Waals surface area contributed by atoms with Gasteiger partial charge >= 0.3 is 0 Å². The summed E-state index contributed by atoms with van der Waals surface area (Å²) in [5.41, 5.74) is 4.40. The topological polar surface area (TPSA) is 89.5 Å². The van der Waals surface area contributed by atoms with Gasteiger partial charge in [0.25, 0.3) is 18.0 Å². The van der Waals surface area contributed by atoms with Gasteiger partial charge in [-0.3, -0.25) is 14.9 Å². The van der Waals surface area contributed by atoms with Crippen LogP contribution in [0.5, 0.6) is 0 Å². The van der Waals surface area contributed by atoms with Crippen molar-refractivity contribution in [3.05, 3.63) is 32.8 Å². The maximum atomic E-state index is 12.2. The van der Waals surface area contributed by atoms with Crippen molar-refractivity contribution < 1.29 is 18.5 Å². The minimum atomic E-state index is -2.70. The van der Waals surface area contributed by atoms with Crippen LogP contribution in [0.15, 0.2) is 12.1 Å². The lowest BCUT2D eigenvalue weighted by Gasteiger charge is -2.16. The third-order valence-electron chi connectivity index (χ3n) is 2.31. The zero-order valence-corrected chi connectivity index (χ0v) is 10.5. The second kappa shape index (κ2) is 5.79. The normalized spacial score (nSPS) is 10.6. The highest BCUT2D eigenvalue weighted by molar-refractivity contribution is 6.34. The Morgan fingerprint density at radius 2 is 2.16 bits per heavy atom. The highest BCUT2D eigenvalue weighted by atomic mass is 35.5. The number of hydrogen-bond donors (Lipinski definition) is 1. The third kappa shape index (κ3) is 3.50. The van der Waals surface area contributed by atoms with Crippen LogP contribution < -0.4 is 5.73 Å². The molecule has 0 saturated heterocycles. The van der Waals surface area contributed by atoms with Crippen molar-refractivity contribution in [1.82, 2.24) is 4.90 Å². The van der Waals surface area contributed by atoms with Crippen molar-refractivity contribution >= 4 is 28.9 Å². The van der Waals surface area contributed by atoms with E-state index in [1.807, 2.05) is 0 Å². The second-order valence-electron chi connectivity index (χ2n) is 3.72. The SMILES string of the molecule is CN(CC(F)F)C(=O)c1cc(Cl)c(N)c([N+](=O)[O-])c1. The summed E-state index contributed by atoms with van der Waals surface area (Å²) in [5, 5.41) is 10.5. The molecule has 9 heteroatoms. The molecule has 1 aromatic rings. The number of alkyl halides is 2. The number of halogens is 3. The van der Waals surface area contributed by atoms with Gasteiger partial charge in [0.2, 0.25) is 0 Å². The van der Waals surface area contributed by atoms with Crippen LogP contribution in [-0.4, -0.2) is 35.7 Å². The van der Waals surface area contributed by atoms with E-state index >= 15 is 0 Å². The van der Waals surface area contributed by atoms with Gasteiger partial charge in [0.15, 0.2) is 0 Å². The van der Waals surface area contributed by atoms with E-state index in [9.17, 15) is 23.7 Å². The van der Waals surface area contributed by atoms with Gasteiger partial charge in [0.1, 0.15) is 5.69 Å². The molecule has 0 heterocycles. The number of anilines is 1. The zero-order valence-electron chi connectivity index (χ0n) is 9.77. The first kappa shape index (κ1) is 15.1. The first-order valence-corrected chi connectivity index (χ1v) is 5.38. The Morgan fingerprint density at radius 1 is 1.58 bits per heavy atom. The predicted octanol–water partition coefficient (Wildman–Crippen LogP) is 2.17. The number of carbonyl (C=O) groups is 1. The van der Waals surface area contributed by atoms with Crippen molar-refractivity contribution in [2.75, 3.05) is 19.3 Å². The van der Waals surface area contributed by atoms with Gasteiger partial charge in [0, 0.05) is 18.7 Å². The first-order valence-electron chi connectivity index (χ1n) is 5.01. The Hall–Kier alpha value is -1.96. The van der Waals surface area contributed by atoms with E-state index in [4.69, 9.17) is 17.3 Å². The number of rotatable bonds is 4. The van der Waals surface area contributed by atoms with Crippen LogP contribution >= 0.6 is 11.6 Å². The Labute approximate surface area is 111 Å². The van der Waals surface area contributed by atoms with Crippen LogP contribution in [0, 0.1) is 10.1 Å². The van der Waals surface area contributed by atoms with Crippen LogP contribution in [0.1, 0.15) is 10.4 Å². The number of nitro groups is 1. The molecule has 0 aliphatic rings. The quantitative estimate of drug-likeness (QED) is 0.523. The summed E-state index contributed by atoms with van der Waals surface area (Å²) in [5.74, 6) is -0.801. The average molecular weight is 294 g/mol. The fourth-order valence-electron chi connectivity index (χ4n) is 1.39. The second-order valence-corrected chi connectivity index (χ2v) is 4.13. The molecular formula is C10H10ClF2N3O3. The maximum absolute atomic E-state index is 12.2. The van der Waals surface area contributed by atoms with Gasteiger partial charge in [0.05, 0.1) is 16.5 Å². The smallest absolute Gasteiger partial charge is 0.294 e. The van der Waals surface area contributed by atoms with Crippen LogP contribution in [0.2, 0.25) is 5.02 Å². The van der Waals surface area contributed by atoms with Crippen LogP contribution in [0.25, 0.3) is 0 Å². The molecule has 1 rings (SSSR count). The van der Waals surface area contributed by atoms with Gasteiger partial charge < -0.3 is 10.6 Å². The fourth-order valence-corrected chi connectivity index (χ4v) is 1.60. The lowest BCUT2D eigenvalue weighted by molar-refractivity contribution is -0.383. The fraction of sp³-hybridized carbons (Fsp3) is 0.300. The van der Waals surface area contributed by atoms with Crippen LogP contribution in [0.4, 0.5) is 20.2 Å². The molecule has 104 valence electrons. The predicted molar refractivity (Wildman–Crippen MR) is 65.5 cm³/mol. The standard InChI is InChI=1S/C10H10ClF2N3O3/c1-15(4-8(12)13)10(17)5-2-6(11)9(14)7(3-5)16(18)19/h2-3,8H,4,14H2,1H3. The van der Waals surface area contributed by atoms with Crippen molar-refractivity contribution in [1.29, 1.82) is 0 Å². The van der Waals surface area contributed by atoms with E-state index in [0.29, 0.717) is 0 Å². The van der Waals surface area contributed by atoms with Crippen molar-refractivity contribution in [2.24, 2.45) is 0 Å². The Balaban J connectivity index is 3.14. The van der Waals surface area contributed by atoms with Gasteiger partial charge in [-0.2, -0.15) is 0 Å². The summed E-state index contributed by atoms with van der Waals surface area (Å²) in [7, 11) is 1.16. The summed E-state index contributed by atoms with van der Waals surface area (Å²) in [4.78, 5) is 22.5. The van der Waals surface area contributed by atoms with Crippen molar-refractivity contribution in [3.8, 4) is 0 Å². The number of benzene rings is 1. The van der Waals surface area contributed by atoms with E-state index in [1.54, 1.807) is 0 Å². The van der Waals surface area contributed by atoms with Crippen molar-refractivity contribution in [2.45, 2.75) is 6.43 Å². The molecule has 0 aliphatic carbocycles. The number of nitrogens with zero attached hydrogens (tertiary/aromatic N) is 2. The summed E-state index contributed by atoms with van der Waals surface area (Å²) in [6.07, 6.45) is -2.70. The molecule has 0 spiro atoms. The third-order valence-corrected chi connectivity index (χ3v) is 2.62. The van der Waals surface area contributed by atoms with E-state index < -0.39 is 29.5 Å². The van der Waals surface area contributed by atoms with E-state index in [0.717, 1.165) is 24.1 Å². The Bertz CT molecular complexity index is 525. The molecule has 0 saturated carbocycles. The molecule has 0 aliphatic heterocycles.